The van der Waals surface area contributed by atoms with Crippen LogP contribution in [0.2, 0.25) is 0 Å². The molecule has 0 aliphatic carbocycles. The molecule has 0 heterocycles. The molecule has 0 aliphatic rings. The van der Waals surface area contributed by atoms with Crippen molar-refractivity contribution in [1.29, 1.82) is 0 Å². The molecule has 2 atom stereocenters. The minimum atomic E-state index is -0.144. The third-order valence-electron chi connectivity index (χ3n) is 3.00. The van der Waals surface area contributed by atoms with Crippen molar-refractivity contribution in [2.45, 2.75) is 39.3 Å². The number of nitrogens with one attached hydrogen (secondary N) is 2. The van der Waals surface area contributed by atoms with Gasteiger partial charge in [0, 0.05) is 6.04 Å². The van der Waals surface area contributed by atoms with Gasteiger partial charge in [-0.2, -0.15) is 0 Å². The first-order chi connectivity index (χ1) is 8.04. The van der Waals surface area contributed by atoms with Crippen LogP contribution in [0.5, 0.6) is 0 Å². The number of carbonyl (C=O) groups excluding carboxylic acids is 1. The summed E-state index contributed by atoms with van der Waals surface area (Å²) in [6, 6.07) is 8.28. The first kappa shape index (κ1) is 13.7. The maximum absolute atomic E-state index is 11.7. The van der Waals surface area contributed by atoms with Crippen LogP contribution < -0.4 is 10.6 Å². The second-order valence-corrected chi connectivity index (χ2v) is 4.55. The Morgan fingerprint density at radius 3 is 2.53 bits per heavy atom. The van der Waals surface area contributed by atoms with Crippen molar-refractivity contribution >= 4 is 5.91 Å². The van der Waals surface area contributed by atoms with E-state index in [1.807, 2.05) is 26.0 Å². The molecular formula is C14H22N2O. The minimum Gasteiger partial charge on any atom is -0.352 e. The number of aryl methyl sites for hydroxylation is 1. The molecular weight excluding hydrogens is 212 g/mol. The standard InChI is InChI=1S/C14H22N2O/c1-10-7-5-6-8-13(10)9-11(2)16-14(17)12(3)15-4/h5-8,11-12,15H,9H2,1-4H3,(H,16,17). The summed E-state index contributed by atoms with van der Waals surface area (Å²) in [7, 11) is 1.79. The van der Waals surface area contributed by atoms with Crippen molar-refractivity contribution in [3.05, 3.63) is 35.4 Å². The predicted molar refractivity (Wildman–Crippen MR) is 71.0 cm³/mol. The van der Waals surface area contributed by atoms with Crippen molar-refractivity contribution in [1.82, 2.24) is 10.6 Å². The Hall–Kier alpha value is -1.35. The van der Waals surface area contributed by atoms with Crippen molar-refractivity contribution in [3.8, 4) is 0 Å². The molecule has 0 radical (unpaired) electrons. The van der Waals surface area contributed by atoms with Crippen LogP contribution in [0.25, 0.3) is 0 Å². The van der Waals surface area contributed by atoms with Gasteiger partial charge in [0.15, 0.2) is 0 Å². The molecule has 0 spiro atoms. The molecule has 0 aromatic heterocycles. The van der Waals surface area contributed by atoms with E-state index in [2.05, 4.69) is 29.7 Å². The lowest BCUT2D eigenvalue weighted by molar-refractivity contribution is -0.123. The quantitative estimate of drug-likeness (QED) is 0.813. The van der Waals surface area contributed by atoms with Crippen LogP contribution in [0.4, 0.5) is 0 Å². The van der Waals surface area contributed by atoms with Gasteiger partial charge in [0.05, 0.1) is 6.04 Å². The fourth-order valence-corrected chi connectivity index (χ4v) is 1.72. The van der Waals surface area contributed by atoms with Gasteiger partial charge in [0.25, 0.3) is 0 Å². The highest BCUT2D eigenvalue weighted by atomic mass is 16.2. The summed E-state index contributed by atoms with van der Waals surface area (Å²) < 4.78 is 0. The number of carbonyl (C=O) groups is 1. The molecule has 0 bridgehead atoms. The Labute approximate surface area is 104 Å². The van der Waals surface area contributed by atoms with Gasteiger partial charge in [-0.25, -0.2) is 0 Å². The Morgan fingerprint density at radius 2 is 1.94 bits per heavy atom. The molecule has 3 nitrogen and oxygen atoms in total. The fraction of sp³-hybridized carbons (Fsp3) is 0.500. The van der Waals surface area contributed by atoms with Gasteiger partial charge >= 0.3 is 0 Å². The normalized spacial score (nSPS) is 14.1. The molecule has 0 aliphatic heterocycles. The van der Waals surface area contributed by atoms with E-state index in [-0.39, 0.29) is 18.0 Å². The highest BCUT2D eigenvalue weighted by molar-refractivity contribution is 5.81. The van der Waals surface area contributed by atoms with Gasteiger partial charge in [0.1, 0.15) is 0 Å². The fourth-order valence-electron chi connectivity index (χ4n) is 1.72. The second-order valence-electron chi connectivity index (χ2n) is 4.55. The molecule has 1 aromatic rings. The Balaban J connectivity index is 2.53. The van der Waals surface area contributed by atoms with E-state index in [0.29, 0.717) is 0 Å². The zero-order chi connectivity index (χ0) is 12.8. The molecule has 0 saturated carbocycles. The Morgan fingerprint density at radius 1 is 1.29 bits per heavy atom. The van der Waals surface area contributed by atoms with Crippen molar-refractivity contribution in [3.63, 3.8) is 0 Å². The molecule has 17 heavy (non-hydrogen) atoms. The number of amides is 1. The number of benzene rings is 1. The van der Waals surface area contributed by atoms with Crippen LogP contribution in [0.1, 0.15) is 25.0 Å². The summed E-state index contributed by atoms with van der Waals surface area (Å²) in [5.41, 5.74) is 2.56. The van der Waals surface area contributed by atoms with Gasteiger partial charge in [0.2, 0.25) is 5.91 Å². The maximum Gasteiger partial charge on any atom is 0.237 e. The van der Waals surface area contributed by atoms with Gasteiger partial charge in [-0.15, -0.1) is 0 Å². The summed E-state index contributed by atoms with van der Waals surface area (Å²) in [5.74, 6) is 0.0496. The van der Waals surface area contributed by atoms with Crippen LogP contribution >= 0.6 is 0 Å². The minimum absolute atomic E-state index is 0.0496. The molecule has 3 heteroatoms. The van der Waals surface area contributed by atoms with Crippen LogP contribution in [0.3, 0.4) is 0 Å². The Bertz CT molecular complexity index is 376. The third-order valence-corrected chi connectivity index (χ3v) is 3.00. The maximum atomic E-state index is 11.7. The van der Waals surface area contributed by atoms with Gasteiger partial charge < -0.3 is 10.6 Å². The topological polar surface area (TPSA) is 41.1 Å². The van der Waals surface area contributed by atoms with Crippen molar-refractivity contribution in [2.75, 3.05) is 7.05 Å². The molecule has 1 rings (SSSR count). The molecule has 0 fully saturated rings. The van der Waals surface area contributed by atoms with E-state index in [4.69, 9.17) is 0 Å². The van der Waals surface area contributed by atoms with Crippen LogP contribution in [-0.2, 0) is 11.2 Å². The van der Waals surface area contributed by atoms with Crippen molar-refractivity contribution < 1.29 is 4.79 Å². The van der Waals surface area contributed by atoms with Crippen molar-refractivity contribution in [2.24, 2.45) is 0 Å². The largest absolute Gasteiger partial charge is 0.352 e. The monoisotopic (exact) mass is 234 g/mol. The number of hydrogen-bond donors (Lipinski definition) is 2. The lowest BCUT2D eigenvalue weighted by Gasteiger charge is -2.18. The van der Waals surface area contributed by atoms with E-state index >= 15 is 0 Å². The van der Waals surface area contributed by atoms with Gasteiger partial charge in [-0.05, 0) is 45.4 Å². The smallest absolute Gasteiger partial charge is 0.237 e. The third kappa shape index (κ3) is 4.19. The first-order valence-electron chi connectivity index (χ1n) is 6.06. The van der Waals surface area contributed by atoms with E-state index in [1.165, 1.54) is 11.1 Å². The van der Waals surface area contributed by atoms with E-state index < -0.39 is 0 Å². The van der Waals surface area contributed by atoms with E-state index in [1.54, 1.807) is 7.05 Å². The lowest BCUT2D eigenvalue weighted by atomic mass is 10.0. The summed E-state index contributed by atoms with van der Waals surface area (Å²) >= 11 is 0. The SMILES string of the molecule is CNC(C)C(=O)NC(C)Cc1ccccc1C. The summed E-state index contributed by atoms with van der Waals surface area (Å²) in [5, 5.41) is 5.94. The molecule has 94 valence electrons. The number of likely N-dealkylation sites (N-methyl/N-ethyl adjacent to an activating group) is 1. The van der Waals surface area contributed by atoms with Crippen LogP contribution in [0, 0.1) is 6.92 Å². The molecule has 2 N–H and O–H groups in total. The van der Waals surface area contributed by atoms with E-state index in [0.717, 1.165) is 6.42 Å². The summed E-state index contributed by atoms with van der Waals surface area (Å²) in [6.45, 7) is 5.99. The number of rotatable bonds is 5. The zero-order valence-electron chi connectivity index (χ0n) is 11.1. The second kappa shape index (κ2) is 6.40. The van der Waals surface area contributed by atoms with Crippen LogP contribution in [0.15, 0.2) is 24.3 Å². The summed E-state index contributed by atoms with van der Waals surface area (Å²) in [6.07, 6.45) is 0.870. The highest BCUT2D eigenvalue weighted by Gasteiger charge is 2.13. The highest BCUT2D eigenvalue weighted by Crippen LogP contribution is 2.09. The molecule has 2 unspecified atom stereocenters. The molecule has 1 amide bonds. The lowest BCUT2D eigenvalue weighted by Crippen LogP contribution is -2.44. The average molecular weight is 234 g/mol. The number of hydrogen-bond acceptors (Lipinski definition) is 2. The molecule has 1 aromatic carbocycles. The van der Waals surface area contributed by atoms with Gasteiger partial charge in [-0.3, -0.25) is 4.79 Å². The summed E-state index contributed by atoms with van der Waals surface area (Å²) in [4.78, 5) is 11.7. The predicted octanol–water partition coefficient (Wildman–Crippen LogP) is 1.65. The zero-order valence-corrected chi connectivity index (χ0v) is 11.1. The average Bonchev–Trinajstić information content (AvgIpc) is 2.31. The van der Waals surface area contributed by atoms with Crippen LogP contribution in [-0.4, -0.2) is 25.0 Å². The van der Waals surface area contributed by atoms with Gasteiger partial charge in [-0.1, -0.05) is 24.3 Å². The first-order valence-corrected chi connectivity index (χ1v) is 6.06. The Kier molecular flexibility index (Phi) is 5.16. The molecule has 0 saturated heterocycles. The van der Waals surface area contributed by atoms with E-state index in [9.17, 15) is 4.79 Å².